The number of nitrogens with two attached hydrogens (primary N) is 1. The second-order valence-electron chi connectivity index (χ2n) is 9.60. The molecule has 1 aromatic carbocycles. The van der Waals surface area contributed by atoms with Crippen LogP contribution < -0.4 is 10.6 Å². The summed E-state index contributed by atoms with van der Waals surface area (Å²) in [6, 6.07) is 6.43. The van der Waals surface area contributed by atoms with Gasteiger partial charge in [0.2, 0.25) is 0 Å². The Balaban J connectivity index is 0.000000694. The number of aromatic nitrogens is 3. The molecule has 7 nitrogen and oxygen atoms in total. The first kappa shape index (κ1) is 30.2. The van der Waals surface area contributed by atoms with Gasteiger partial charge in [0.25, 0.3) is 0 Å². The van der Waals surface area contributed by atoms with Gasteiger partial charge in [-0.05, 0) is 30.5 Å². The summed E-state index contributed by atoms with van der Waals surface area (Å²) in [6.45, 7) is 19.8. The Labute approximate surface area is 224 Å². The molecule has 2 aromatic heterocycles. The number of hydrogen-bond acceptors (Lipinski definition) is 7. The normalized spacial score (nSPS) is 14.2. The zero-order valence-corrected chi connectivity index (χ0v) is 24.5. The van der Waals surface area contributed by atoms with E-state index in [9.17, 15) is 0 Å². The first-order valence-electron chi connectivity index (χ1n) is 13.9. The fraction of sp³-hybridized carbons (Fsp3) is 0.643. The molecule has 0 bridgehead atoms. The monoisotopic (exact) mass is 515 g/mol. The molecule has 0 atom stereocenters. The van der Waals surface area contributed by atoms with Gasteiger partial charge in [0.1, 0.15) is 22.7 Å². The maximum absolute atomic E-state index is 6.21. The van der Waals surface area contributed by atoms with Crippen molar-refractivity contribution in [2.24, 2.45) is 5.92 Å². The van der Waals surface area contributed by atoms with Gasteiger partial charge in [-0.1, -0.05) is 80.5 Å². The lowest BCUT2D eigenvalue weighted by Gasteiger charge is -2.40. The molecule has 202 valence electrons. The quantitative estimate of drug-likeness (QED) is 0.290. The van der Waals surface area contributed by atoms with Crippen LogP contribution in [0.5, 0.6) is 0 Å². The van der Waals surface area contributed by atoms with Crippen LogP contribution >= 0.6 is 12.8 Å². The summed E-state index contributed by atoms with van der Waals surface area (Å²) in [6.07, 6.45) is 5.83. The maximum Gasteiger partial charge on any atom is 0.150 e. The Kier molecular flexibility index (Phi) is 12.8. The average molecular weight is 516 g/mol. The highest BCUT2D eigenvalue weighted by molar-refractivity contribution is 7.77. The number of hydrazine groups is 1. The van der Waals surface area contributed by atoms with Crippen LogP contribution in [0.3, 0.4) is 0 Å². The van der Waals surface area contributed by atoms with Gasteiger partial charge >= 0.3 is 0 Å². The Hall–Kier alpha value is -2.03. The van der Waals surface area contributed by atoms with Crippen LogP contribution in [0.15, 0.2) is 18.2 Å². The smallest absolute Gasteiger partial charge is 0.150 e. The topological polar surface area (TPSA) is 77.3 Å². The number of nitrogen functional groups attached to an aromatic ring is 1. The Morgan fingerprint density at radius 3 is 2.28 bits per heavy atom. The van der Waals surface area contributed by atoms with Crippen molar-refractivity contribution in [3.63, 3.8) is 0 Å². The molecule has 0 radical (unpaired) electrons. The third-order valence-electron chi connectivity index (χ3n) is 6.23. The molecule has 3 heterocycles. The number of H-pyrrole nitrogens is 1. The summed E-state index contributed by atoms with van der Waals surface area (Å²) in [4.78, 5) is 15.3. The zero-order chi connectivity index (χ0) is 26.7. The molecular weight excluding hydrogens is 466 g/mol. The van der Waals surface area contributed by atoms with Crippen molar-refractivity contribution < 1.29 is 0 Å². The standard InChI is InChI=1S/C22H33N7S.C4H10.C2H6/c1-4-5-6-19-25-20-17-13-16(7-8-18(17)24-22(23)21(20)26-19)27-9-11-28(12-10-27)29(30)14-15(2)3;1-3-4-2;1-2/h7-8,13,15,30H,4-6,9-12,14H2,1-3H3,(H2,23,24)(H,25,26);3-4H2,1-2H3;1-2H3. The molecule has 1 aliphatic rings. The minimum absolute atomic E-state index is 0.521. The average Bonchev–Trinajstić information content (AvgIpc) is 3.34. The number of nitrogens with one attached hydrogen (secondary N) is 1. The third-order valence-corrected chi connectivity index (χ3v) is 6.64. The molecule has 0 saturated carbocycles. The Bertz CT molecular complexity index is 1040. The van der Waals surface area contributed by atoms with Gasteiger partial charge in [0.15, 0.2) is 0 Å². The number of thiol groups is 1. The number of unbranched alkanes of at least 4 members (excludes halogenated alkanes) is 2. The van der Waals surface area contributed by atoms with Crippen LogP contribution in [0.4, 0.5) is 11.5 Å². The number of fused-ring (bicyclic) bond motifs is 3. The molecule has 0 aliphatic carbocycles. The van der Waals surface area contributed by atoms with Crippen molar-refractivity contribution in [3.05, 3.63) is 24.0 Å². The molecule has 1 fully saturated rings. The summed E-state index contributed by atoms with van der Waals surface area (Å²) in [5.41, 5.74) is 10.1. The van der Waals surface area contributed by atoms with E-state index in [1.807, 2.05) is 13.8 Å². The molecule has 36 heavy (non-hydrogen) atoms. The number of nitrogens with zero attached hydrogens (tertiary/aromatic N) is 5. The summed E-state index contributed by atoms with van der Waals surface area (Å²) in [7, 11) is 0. The molecule has 0 amide bonds. The number of benzene rings is 1. The van der Waals surface area contributed by atoms with Crippen LogP contribution in [0.2, 0.25) is 0 Å². The SMILES string of the molecule is CC.CCCC.CCCCc1nc2c([nH]1)c(N)nc1ccc(N3CCN(N(S)CC(C)C)CC3)cc12. The van der Waals surface area contributed by atoms with Gasteiger partial charge in [-0.2, -0.15) is 4.41 Å². The highest BCUT2D eigenvalue weighted by atomic mass is 32.1. The van der Waals surface area contributed by atoms with Gasteiger partial charge in [-0.15, -0.1) is 0 Å². The lowest BCUT2D eigenvalue weighted by Crippen LogP contribution is -2.51. The summed E-state index contributed by atoms with van der Waals surface area (Å²) < 4.78 is 2.07. The number of pyridine rings is 1. The third kappa shape index (κ3) is 7.98. The molecule has 4 rings (SSSR count). The lowest BCUT2D eigenvalue weighted by molar-refractivity contribution is 0.0577. The van der Waals surface area contributed by atoms with E-state index in [0.29, 0.717) is 11.7 Å². The number of aromatic amines is 1. The van der Waals surface area contributed by atoms with E-state index in [2.05, 4.69) is 89.9 Å². The van der Waals surface area contributed by atoms with Crippen LogP contribution in [-0.4, -0.2) is 57.1 Å². The van der Waals surface area contributed by atoms with Gasteiger partial charge in [0, 0.05) is 50.2 Å². The molecule has 1 aliphatic heterocycles. The van der Waals surface area contributed by atoms with Gasteiger partial charge in [-0.3, -0.25) is 0 Å². The van der Waals surface area contributed by atoms with Gasteiger partial charge < -0.3 is 15.6 Å². The van der Waals surface area contributed by atoms with E-state index in [1.54, 1.807) is 0 Å². The van der Waals surface area contributed by atoms with Crippen LogP contribution in [0.25, 0.3) is 21.9 Å². The lowest BCUT2D eigenvalue weighted by atomic mass is 10.1. The summed E-state index contributed by atoms with van der Waals surface area (Å²) in [5, 5.41) is 3.39. The molecule has 0 spiro atoms. The number of aryl methyl sites for hydroxylation is 1. The van der Waals surface area contributed by atoms with Crippen molar-refractivity contribution in [1.82, 2.24) is 24.4 Å². The first-order valence-corrected chi connectivity index (χ1v) is 14.3. The highest BCUT2D eigenvalue weighted by Crippen LogP contribution is 2.30. The largest absolute Gasteiger partial charge is 0.382 e. The number of hydrogen-bond donors (Lipinski definition) is 3. The van der Waals surface area contributed by atoms with E-state index in [-0.39, 0.29) is 0 Å². The molecule has 3 N–H and O–H groups in total. The molecule has 0 unspecified atom stereocenters. The minimum atomic E-state index is 0.521. The zero-order valence-electron chi connectivity index (χ0n) is 23.6. The number of rotatable bonds is 8. The summed E-state index contributed by atoms with van der Waals surface area (Å²) in [5.74, 6) is 2.11. The Morgan fingerprint density at radius 1 is 1.03 bits per heavy atom. The van der Waals surface area contributed by atoms with E-state index in [1.165, 1.54) is 18.5 Å². The van der Waals surface area contributed by atoms with E-state index in [0.717, 1.165) is 79.7 Å². The minimum Gasteiger partial charge on any atom is -0.382 e. The van der Waals surface area contributed by atoms with Crippen LogP contribution in [0.1, 0.15) is 80.0 Å². The van der Waals surface area contributed by atoms with Crippen molar-refractivity contribution in [2.75, 3.05) is 43.4 Å². The number of piperazine rings is 1. The fourth-order valence-electron chi connectivity index (χ4n) is 4.09. The fourth-order valence-corrected chi connectivity index (χ4v) is 4.59. The second kappa shape index (κ2) is 15.3. The Morgan fingerprint density at radius 2 is 1.69 bits per heavy atom. The molecule has 3 aromatic rings. The summed E-state index contributed by atoms with van der Waals surface area (Å²) >= 11 is 4.66. The van der Waals surface area contributed by atoms with E-state index >= 15 is 0 Å². The van der Waals surface area contributed by atoms with Crippen molar-refractivity contribution >= 4 is 46.3 Å². The number of imidazole rings is 1. The molecular formula is C28H49N7S. The van der Waals surface area contributed by atoms with E-state index < -0.39 is 0 Å². The predicted molar refractivity (Wildman–Crippen MR) is 161 cm³/mol. The van der Waals surface area contributed by atoms with E-state index in [4.69, 9.17) is 10.7 Å². The molecule has 8 heteroatoms. The van der Waals surface area contributed by atoms with Crippen LogP contribution in [0, 0.1) is 5.92 Å². The second-order valence-corrected chi connectivity index (χ2v) is 10.1. The van der Waals surface area contributed by atoms with Crippen molar-refractivity contribution in [3.8, 4) is 0 Å². The first-order chi connectivity index (χ1) is 17.4. The highest BCUT2D eigenvalue weighted by Gasteiger charge is 2.22. The van der Waals surface area contributed by atoms with Crippen molar-refractivity contribution in [2.45, 2.75) is 80.6 Å². The van der Waals surface area contributed by atoms with Gasteiger partial charge in [-0.25, -0.2) is 15.0 Å². The predicted octanol–water partition coefficient (Wildman–Crippen LogP) is 6.71. The molecule has 1 saturated heterocycles. The number of anilines is 2. The maximum atomic E-state index is 6.21. The van der Waals surface area contributed by atoms with Gasteiger partial charge in [0.05, 0.1) is 5.52 Å². The van der Waals surface area contributed by atoms with Crippen molar-refractivity contribution in [1.29, 1.82) is 0 Å². The van der Waals surface area contributed by atoms with Crippen LogP contribution in [-0.2, 0) is 6.42 Å².